The Hall–Kier alpha value is -2.93. The predicted octanol–water partition coefficient (Wildman–Crippen LogP) is 3.66. The molecule has 1 fully saturated rings. The molecular formula is C23H22N2O4S. The van der Waals surface area contributed by atoms with E-state index < -0.39 is 21.8 Å². The van der Waals surface area contributed by atoms with Crippen LogP contribution in [0.3, 0.4) is 0 Å². The number of carbonyl (C=O) groups is 1. The maximum absolute atomic E-state index is 13.0. The average molecular weight is 423 g/mol. The van der Waals surface area contributed by atoms with Gasteiger partial charge in [0, 0.05) is 17.1 Å². The van der Waals surface area contributed by atoms with Gasteiger partial charge >= 0.3 is 0 Å². The normalized spacial score (nSPS) is 18.2. The number of rotatable bonds is 5. The number of pyridine rings is 1. The lowest BCUT2D eigenvalue weighted by Gasteiger charge is -2.37. The van der Waals surface area contributed by atoms with E-state index in [1.807, 2.05) is 6.07 Å². The average Bonchev–Trinajstić information content (AvgIpc) is 2.67. The SMILES string of the molecule is COc1ccc(C2CCC2)c2c1C(C(=O)NS(=O)(=O)c1cccc3ncccc13)C2. The van der Waals surface area contributed by atoms with Gasteiger partial charge in [0.1, 0.15) is 5.75 Å². The van der Waals surface area contributed by atoms with Gasteiger partial charge in [0.2, 0.25) is 5.91 Å². The Labute approximate surface area is 175 Å². The Morgan fingerprint density at radius 3 is 2.70 bits per heavy atom. The summed E-state index contributed by atoms with van der Waals surface area (Å²) in [5.41, 5.74) is 3.82. The third-order valence-corrected chi connectivity index (χ3v) is 7.73. The minimum absolute atomic E-state index is 0.0520. The van der Waals surface area contributed by atoms with E-state index in [0.29, 0.717) is 29.0 Å². The maximum Gasteiger partial charge on any atom is 0.264 e. The Balaban J connectivity index is 1.45. The van der Waals surface area contributed by atoms with Gasteiger partial charge in [-0.25, -0.2) is 13.1 Å². The number of nitrogens with one attached hydrogen (secondary N) is 1. The van der Waals surface area contributed by atoms with Crippen molar-refractivity contribution >= 4 is 26.8 Å². The molecule has 154 valence electrons. The fourth-order valence-electron chi connectivity index (χ4n) is 4.52. The molecule has 1 unspecified atom stereocenters. The molecule has 2 aromatic carbocycles. The highest BCUT2D eigenvalue weighted by molar-refractivity contribution is 7.90. The summed E-state index contributed by atoms with van der Waals surface area (Å²) in [7, 11) is -2.45. The molecular weight excluding hydrogens is 400 g/mol. The Morgan fingerprint density at radius 2 is 1.97 bits per heavy atom. The fraction of sp³-hybridized carbons (Fsp3) is 0.304. The lowest BCUT2D eigenvalue weighted by atomic mass is 9.68. The highest BCUT2D eigenvalue weighted by Gasteiger charge is 2.40. The number of hydrogen-bond acceptors (Lipinski definition) is 5. The molecule has 0 saturated heterocycles. The second-order valence-electron chi connectivity index (χ2n) is 7.93. The molecule has 0 spiro atoms. The number of aromatic nitrogens is 1. The smallest absolute Gasteiger partial charge is 0.264 e. The second-order valence-corrected chi connectivity index (χ2v) is 9.58. The molecule has 7 heteroatoms. The standard InChI is InChI=1S/C23H22N2O4S/c1-29-20-11-10-15(14-5-2-6-14)17-13-18(22(17)20)23(26)25-30(27,28)21-9-3-8-19-16(21)7-4-12-24-19/h3-4,7-12,14,18H,2,5-6,13H2,1H3,(H,25,26). The summed E-state index contributed by atoms with van der Waals surface area (Å²) >= 11 is 0. The summed E-state index contributed by atoms with van der Waals surface area (Å²) in [6, 6.07) is 12.2. The van der Waals surface area contributed by atoms with E-state index in [1.54, 1.807) is 37.6 Å². The molecule has 0 bridgehead atoms. The summed E-state index contributed by atoms with van der Waals surface area (Å²) < 4.78 is 33.8. The first-order valence-electron chi connectivity index (χ1n) is 10.1. The second kappa shape index (κ2) is 7.09. The monoisotopic (exact) mass is 422 g/mol. The van der Waals surface area contributed by atoms with E-state index in [9.17, 15) is 13.2 Å². The first kappa shape index (κ1) is 19.1. The third-order valence-electron chi connectivity index (χ3n) is 6.32. The molecule has 2 aliphatic rings. The molecule has 1 amide bonds. The van der Waals surface area contributed by atoms with E-state index in [4.69, 9.17) is 4.74 Å². The highest BCUT2D eigenvalue weighted by atomic mass is 32.2. The van der Waals surface area contributed by atoms with E-state index in [-0.39, 0.29) is 4.90 Å². The number of benzene rings is 2. The minimum atomic E-state index is -4.03. The topological polar surface area (TPSA) is 85.4 Å². The lowest BCUT2D eigenvalue weighted by Crippen LogP contribution is -2.40. The number of hydrogen-bond donors (Lipinski definition) is 1. The number of amides is 1. The van der Waals surface area contributed by atoms with Crippen LogP contribution in [-0.2, 0) is 21.2 Å². The molecule has 5 rings (SSSR count). The van der Waals surface area contributed by atoms with Crippen molar-refractivity contribution in [1.29, 1.82) is 0 Å². The Kier molecular flexibility index (Phi) is 4.50. The van der Waals surface area contributed by atoms with Gasteiger partial charge in [-0.15, -0.1) is 0 Å². The van der Waals surface area contributed by atoms with Crippen molar-refractivity contribution in [2.24, 2.45) is 0 Å². The highest BCUT2D eigenvalue weighted by Crippen LogP contribution is 2.49. The molecule has 1 saturated carbocycles. The molecule has 1 N–H and O–H groups in total. The third kappa shape index (κ3) is 2.96. The Morgan fingerprint density at radius 1 is 1.13 bits per heavy atom. The quantitative estimate of drug-likeness (QED) is 0.678. The van der Waals surface area contributed by atoms with Crippen molar-refractivity contribution in [3.05, 3.63) is 65.4 Å². The Bertz CT molecular complexity index is 1260. The van der Waals surface area contributed by atoms with Crippen LogP contribution < -0.4 is 9.46 Å². The van der Waals surface area contributed by atoms with Crippen LogP contribution in [-0.4, -0.2) is 26.4 Å². The number of nitrogens with zero attached hydrogens (tertiary/aromatic N) is 1. The van der Waals surface area contributed by atoms with Crippen LogP contribution in [0, 0.1) is 0 Å². The first-order chi connectivity index (χ1) is 14.5. The summed E-state index contributed by atoms with van der Waals surface area (Å²) in [6.45, 7) is 0. The molecule has 30 heavy (non-hydrogen) atoms. The molecule has 2 aliphatic carbocycles. The van der Waals surface area contributed by atoms with E-state index in [0.717, 1.165) is 11.1 Å². The zero-order valence-electron chi connectivity index (χ0n) is 16.6. The van der Waals surface area contributed by atoms with Gasteiger partial charge in [-0.3, -0.25) is 9.78 Å². The van der Waals surface area contributed by atoms with E-state index in [2.05, 4.69) is 15.8 Å². The van der Waals surface area contributed by atoms with Crippen LogP contribution in [0.2, 0.25) is 0 Å². The van der Waals surface area contributed by atoms with Gasteiger partial charge in [-0.2, -0.15) is 0 Å². The van der Waals surface area contributed by atoms with Crippen molar-refractivity contribution in [3.63, 3.8) is 0 Å². The summed E-state index contributed by atoms with van der Waals surface area (Å²) in [6.07, 6.45) is 5.71. The van der Waals surface area contributed by atoms with Crippen LogP contribution in [0.1, 0.15) is 47.8 Å². The van der Waals surface area contributed by atoms with Crippen LogP contribution in [0.15, 0.2) is 53.6 Å². The van der Waals surface area contributed by atoms with Crippen molar-refractivity contribution in [2.45, 2.75) is 42.4 Å². The van der Waals surface area contributed by atoms with Crippen molar-refractivity contribution in [3.8, 4) is 5.75 Å². The fourth-order valence-corrected chi connectivity index (χ4v) is 5.75. The molecule has 1 heterocycles. The van der Waals surface area contributed by atoms with E-state index >= 15 is 0 Å². The maximum atomic E-state index is 13.0. The summed E-state index contributed by atoms with van der Waals surface area (Å²) in [5, 5.41) is 0.485. The zero-order chi connectivity index (χ0) is 20.9. The van der Waals surface area contributed by atoms with Gasteiger partial charge in [0.25, 0.3) is 10.0 Å². The molecule has 3 aromatic rings. The number of fused-ring (bicyclic) bond motifs is 2. The summed E-state index contributed by atoms with van der Waals surface area (Å²) in [4.78, 5) is 17.2. The van der Waals surface area contributed by atoms with Crippen molar-refractivity contribution < 1.29 is 17.9 Å². The van der Waals surface area contributed by atoms with Crippen LogP contribution in [0.5, 0.6) is 5.75 Å². The molecule has 0 aliphatic heterocycles. The number of ether oxygens (including phenoxy) is 1. The van der Waals surface area contributed by atoms with Crippen LogP contribution in [0.4, 0.5) is 0 Å². The summed E-state index contributed by atoms with van der Waals surface area (Å²) in [5.74, 6) is 0.136. The van der Waals surface area contributed by atoms with Crippen LogP contribution >= 0.6 is 0 Å². The number of sulfonamides is 1. The van der Waals surface area contributed by atoms with Gasteiger partial charge in [0.05, 0.1) is 23.4 Å². The van der Waals surface area contributed by atoms with Crippen molar-refractivity contribution in [1.82, 2.24) is 9.71 Å². The predicted molar refractivity (Wildman–Crippen MR) is 113 cm³/mol. The van der Waals surface area contributed by atoms with Gasteiger partial charge in [0.15, 0.2) is 0 Å². The largest absolute Gasteiger partial charge is 0.496 e. The van der Waals surface area contributed by atoms with Gasteiger partial charge < -0.3 is 4.74 Å². The first-order valence-corrected chi connectivity index (χ1v) is 11.6. The molecule has 1 aromatic heterocycles. The minimum Gasteiger partial charge on any atom is -0.496 e. The number of carbonyl (C=O) groups excluding carboxylic acids is 1. The zero-order valence-corrected chi connectivity index (χ0v) is 17.4. The van der Waals surface area contributed by atoms with Gasteiger partial charge in [-0.05, 0) is 66.6 Å². The lowest BCUT2D eigenvalue weighted by molar-refractivity contribution is -0.121. The molecule has 0 radical (unpaired) electrons. The van der Waals surface area contributed by atoms with Gasteiger partial charge in [-0.1, -0.05) is 18.6 Å². The number of methoxy groups -OCH3 is 1. The van der Waals surface area contributed by atoms with E-state index in [1.165, 1.54) is 30.9 Å². The molecule has 1 atom stereocenters. The van der Waals surface area contributed by atoms with Crippen LogP contribution in [0.25, 0.3) is 10.9 Å². The van der Waals surface area contributed by atoms with Crippen molar-refractivity contribution in [2.75, 3.05) is 7.11 Å². The molecule has 6 nitrogen and oxygen atoms in total.